The second-order valence-corrected chi connectivity index (χ2v) is 5.40. The van der Waals surface area contributed by atoms with Gasteiger partial charge < -0.3 is 10.6 Å². The highest BCUT2D eigenvalue weighted by molar-refractivity contribution is 14.0. The number of halogens is 1. The Labute approximate surface area is 130 Å². The summed E-state index contributed by atoms with van der Waals surface area (Å²) in [5, 5.41) is 6.73. The summed E-state index contributed by atoms with van der Waals surface area (Å²) in [6, 6.07) is 0.517. The van der Waals surface area contributed by atoms with Gasteiger partial charge in [-0.1, -0.05) is 13.8 Å². The van der Waals surface area contributed by atoms with E-state index in [-0.39, 0.29) is 29.5 Å². The fourth-order valence-corrected chi connectivity index (χ4v) is 1.75. The lowest BCUT2D eigenvalue weighted by atomic mass is 10.1. The van der Waals surface area contributed by atoms with E-state index >= 15 is 0 Å². The lowest BCUT2D eigenvalue weighted by molar-refractivity contribution is 0.231. The Bertz CT molecular complexity index is 232. The van der Waals surface area contributed by atoms with E-state index in [1.807, 2.05) is 7.05 Å². The first kappa shape index (κ1) is 20.3. The van der Waals surface area contributed by atoms with E-state index < -0.39 is 0 Å². The number of aliphatic imine (C=N–C) groups is 1. The maximum absolute atomic E-state index is 4.23. The molecule has 5 heteroatoms. The summed E-state index contributed by atoms with van der Waals surface area (Å²) in [7, 11) is 1.81. The first-order valence-electron chi connectivity index (χ1n) is 6.56. The third-order valence-electron chi connectivity index (χ3n) is 2.72. The van der Waals surface area contributed by atoms with Gasteiger partial charge in [0.1, 0.15) is 0 Å². The maximum atomic E-state index is 4.23. The van der Waals surface area contributed by atoms with Crippen molar-refractivity contribution in [2.75, 3.05) is 26.7 Å². The van der Waals surface area contributed by atoms with Crippen LogP contribution in [0.1, 0.15) is 41.5 Å². The van der Waals surface area contributed by atoms with Crippen molar-refractivity contribution in [3.8, 4) is 0 Å². The number of hydrogen-bond acceptors (Lipinski definition) is 2. The number of guanidine groups is 1. The van der Waals surface area contributed by atoms with Crippen molar-refractivity contribution in [1.82, 2.24) is 15.5 Å². The van der Waals surface area contributed by atoms with Crippen molar-refractivity contribution in [3.05, 3.63) is 0 Å². The van der Waals surface area contributed by atoms with Gasteiger partial charge in [-0.3, -0.25) is 9.89 Å². The molecule has 4 nitrogen and oxygen atoms in total. The van der Waals surface area contributed by atoms with E-state index in [1.54, 1.807) is 0 Å². The fraction of sp³-hybridized carbons (Fsp3) is 0.923. The highest BCUT2D eigenvalue weighted by atomic mass is 127. The normalized spacial score (nSPS) is 14.1. The van der Waals surface area contributed by atoms with Crippen molar-refractivity contribution >= 4 is 29.9 Å². The Hall–Kier alpha value is -0.0400. The average molecular weight is 370 g/mol. The molecule has 0 rings (SSSR count). The quantitative estimate of drug-likeness (QED) is 0.443. The predicted molar refractivity (Wildman–Crippen MR) is 92.0 cm³/mol. The second-order valence-electron chi connectivity index (χ2n) is 5.40. The summed E-state index contributed by atoms with van der Waals surface area (Å²) in [6.07, 6.45) is 0. The smallest absolute Gasteiger partial charge is 0.191 e. The van der Waals surface area contributed by atoms with E-state index in [4.69, 9.17) is 0 Å². The molecule has 0 amide bonds. The molecule has 0 bridgehead atoms. The van der Waals surface area contributed by atoms with Crippen LogP contribution in [-0.4, -0.2) is 49.1 Å². The van der Waals surface area contributed by atoms with Crippen molar-refractivity contribution in [2.45, 2.75) is 53.1 Å². The van der Waals surface area contributed by atoms with Crippen molar-refractivity contribution in [1.29, 1.82) is 0 Å². The van der Waals surface area contributed by atoms with Crippen LogP contribution in [0.15, 0.2) is 4.99 Å². The summed E-state index contributed by atoms with van der Waals surface area (Å²) in [5.74, 6) is 0.872. The largest absolute Gasteiger partial charge is 0.355 e. The van der Waals surface area contributed by atoms with Gasteiger partial charge in [0.25, 0.3) is 0 Å². The lowest BCUT2D eigenvalue weighted by Crippen LogP contribution is -2.51. The zero-order valence-electron chi connectivity index (χ0n) is 13.0. The zero-order valence-corrected chi connectivity index (χ0v) is 15.3. The monoisotopic (exact) mass is 370 g/mol. The Morgan fingerprint density at radius 1 is 1.22 bits per heavy atom. The third kappa shape index (κ3) is 8.97. The number of likely N-dealkylation sites (N-methyl/N-ethyl adjacent to an activating group) is 1. The van der Waals surface area contributed by atoms with Crippen LogP contribution < -0.4 is 10.6 Å². The highest BCUT2D eigenvalue weighted by Gasteiger charge is 2.14. The molecule has 0 spiro atoms. The molecular formula is C13H31IN4. The molecule has 0 aromatic heterocycles. The van der Waals surface area contributed by atoms with Gasteiger partial charge in [0.05, 0.1) is 0 Å². The van der Waals surface area contributed by atoms with Crippen LogP contribution in [0.5, 0.6) is 0 Å². The van der Waals surface area contributed by atoms with E-state index in [9.17, 15) is 0 Å². The molecule has 18 heavy (non-hydrogen) atoms. The Morgan fingerprint density at radius 2 is 1.72 bits per heavy atom. The Morgan fingerprint density at radius 3 is 2.06 bits per heavy atom. The molecule has 1 unspecified atom stereocenters. The summed E-state index contributed by atoms with van der Waals surface area (Å²) < 4.78 is 0. The third-order valence-corrected chi connectivity index (χ3v) is 2.72. The molecule has 110 valence electrons. The van der Waals surface area contributed by atoms with E-state index in [0.717, 1.165) is 25.6 Å². The molecule has 0 fully saturated rings. The van der Waals surface area contributed by atoms with Gasteiger partial charge in [-0.2, -0.15) is 0 Å². The predicted octanol–water partition coefficient (Wildman–Crippen LogP) is 2.30. The molecule has 0 aromatic carbocycles. The number of nitrogens with zero attached hydrogens (tertiary/aromatic N) is 2. The van der Waals surface area contributed by atoms with Crippen LogP contribution >= 0.6 is 24.0 Å². The maximum Gasteiger partial charge on any atom is 0.191 e. The minimum atomic E-state index is 0. The molecule has 1 atom stereocenters. The van der Waals surface area contributed by atoms with Gasteiger partial charge in [0.2, 0.25) is 0 Å². The van der Waals surface area contributed by atoms with Crippen molar-refractivity contribution < 1.29 is 0 Å². The number of hydrogen-bond donors (Lipinski definition) is 2. The van der Waals surface area contributed by atoms with Gasteiger partial charge in [0, 0.05) is 25.2 Å². The summed E-state index contributed by atoms with van der Waals surface area (Å²) in [4.78, 5) is 6.66. The van der Waals surface area contributed by atoms with E-state index in [2.05, 4.69) is 62.1 Å². The van der Waals surface area contributed by atoms with Gasteiger partial charge in [-0.25, -0.2) is 0 Å². The Kier molecular flexibility index (Phi) is 11.1. The molecule has 0 saturated heterocycles. The lowest BCUT2D eigenvalue weighted by Gasteiger charge is -2.29. The summed E-state index contributed by atoms with van der Waals surface area (Å²) in [5.41, 5.74) is 0.0419. The van der Waals surface area contributed by atoms with Crippen LogP contribution in [0.25, 0.3) is 0 Å². The molecule has 0 heterocycles. The average Bonchev–Trinajstić information content (AvgIpc) is 2.24. The van der Waals surface area contributed by atoms with Crippen molar-refractivity contribution in [3.63, 3.8) is 0 Å². The molecule has 0 aliphatic heterocycles. The van der Waals surface area contributed by atoms with E-state index in [0.29, 0.717) is 6.04 Å². The first-order valence-corrected chi connectivity index (χ1v) is 6.56. The highest BCUT2D eigenvalue weighted by Crippen LogP contribution is 1.99. The van der Waals surface area contributed by atoms with Gasteiger partial charge >= 0.3 is 0 Å². The minimum Gasteiger partial charge on any atom is -0.355 e. The van der Waals surface area contributed by atoms with Crippen LogP contribution in [0.2, 0.25) is 0 Å². The van der Waals surface area contributed by atoms with Gasteiger partial charge in [-0.15, -0.1) is 24.0 Å². The number of nitrogens with one attached hydrogen (secondary N) is 2. The Balaban J connectivity index is 0. The molecule has 0 aliphatic carbocycles. The molecule has 0 aromatic rings. The van der Waals surface area contributed by atoms with Crippen molar-refractivity contribution in [2.24, 2.45) is 4.99 Å². The number of rotatable bonds is 5. The topological polar surface area (TPSA) is 39.7 Å². The van der Waals surface area contributed by atoms with Crippen LogP contribution in [-0.2, 0) is 0 Å². The summed E-state index contributed by atoms with van der Waals surface area (Å²) in [6.45, 7) is 16.1. The molecule has 0 aliphatic rings. The van der Waals surface area contributed by atoms with Gasteiger partial charge in [-0.05, 0) is 40.8 Å². The molecule has 0 radical (unpaired) electrons. The van der Waals surface area contributed by atoms with Crippen LogP contribution in [0.4, 0.5) is 0 Å². The molecule has 0 saturated carbocycles. The van der Waals surface area contributed by atoms with E-state index in [1.165, 1.54) is 0 Å². The standard InChI is InChI=1S/C13H30N4.HI/c1-8-17(9-2)11(3)10-15-12(14-7)16-13(4,5)6;/h11H,8-10H2,1-7H3,(H2,14,15,16);1H. The van der Waals surface area contributed by atoms with Crippen LogP contribution in [0.3, 0.4) is 0 Å². The molecular weight excluding hydrogens is 339 g/mol. The minimum absolute atomic E-state index is 0. The summed E-state index contributed by atoms with van der Waals surface area (Å²) >= 11 is 0. The zero-order chi connectivity index (χ0) is 13.5. The fourth-order valence-electron chi connectivity index (χ4n) is 1.75. The molecule has 2 N–H and O–H groups in total. The SMILES string of the molecule is CCN(CC)C(C)CNC(=NC)NC(C)(C)C.I. The first-order chi connectivity index (χ1) is 7.84. The van der Waals surface area contributed by atoms with Gasteiger partial charge in [0.15, 0.2) is 5.96 Å². The second kappa shape index (κ2) is 9.83. The van der Waals surface area contributed by atoms with Crippen LogP contribution in [0, 0.1) is 0 Å².